The van der Waals surface area contributed by atoms with E-state index < -0.39 is 0 Å². The van der Waals surface area contributed by atoms with E-state index in [0.29, 0.717) is 16.9 Å². The van der Waals surface area contributed by atoms with Crippen LogP contribution in [0.5, 0.6) is 5.75 Å². The molecular formula is C24H21NO2. The van der Waals surface area contributed by atoms with Crippen LogP contribution in [0.3, 0.4) is 0 Å². The number of carbonyl (C=O) groups excluding carboxylic acids is 1. The monoisotopic (exact) mass is 355 g/mol. The molecule has 0 saturated carbocycles. The number of carbonyl (C=O) groups is 1. The molecule has 0 spiro atoms. The number of nitrogens with zero attached hydrogens (tertiary/aromatic N) is 1. The molecule has 0 fully saturated rings. The first-order valence-electron chi connectivity index (χ1n) is 8.82. The molecule has 0 heterocycles. The topological polar surface area (TPSA) is 50.1 Å². The van der Waals surface area contributed by atoms with Crippen molar-refractivity contribution in [2.45, 2.75) is 20.8 Å². The van der Waals surface area contributed by atoms with Crippen LogP contribution in [-0.2, 0) is 0 Å². The van der Waals surface area contributed by atoms with Gasteiger partial charge in [-0.2, -0.15) is 5.26 Å². The highest BCUT2D eigenvalue weighted by Crippen LogP contribution is 2.23. The summed E-state index contributed by atoms with van der Waals surface area (Å²) in [5.74, 6) is 0.633. The van der Waals surface area contributed by atoms with Gasteiger partial charge in [-0.1, -0.05) is 30.3 Å². The van der Waals surface area contributed by atoms with Gasteiger partial charge in [-0.3, -0.25) is 4.79 Å². The van der Waals surface area contributed by atoms with Crippen molar-refractivity contribution in [1.82, 2.24) is 0 Å². The lowest BCUT2D eigenvalue weighted by Gasteiger charge is -2.10. The molecule has 27 heavy (non-hydrogen) atoms. The minimum Gasteiger partial charge on any atom is -0.485 e. The number of hydrogen-bond acceptors (Lipinski definition) is 3. The third-order valence-electron chi connectivity index (χ3n) is 4.71. The summed E-state index contributed by atoms with van der Waals surface area (Å²) in [6.45, 7) is 6.02. The van der Waals surface area contributed by atoms with E-state index in [4.69, 9.17) is 10.00 Å². The average Bonchev–Trinajstić information content (AvgIpc) is 2.69. The average molecular weight is 355 g/mol. The summed E-state index contributed by atoms with van der Waals surface area (Å²) in [4.78, 5) is 12.5. The third kappa shape index (κ3) is 4.24. The summed E-state index contributed by atoms with van der Waals surface area (Å²) in [5, 5.41) is 8.87. The molecule has 0 saturated heterocycles. The van der Waals surface area contributed by atoms with Gasteiger partial charge in [0.1, 0.15) is 5.75 Å². The van der Waals surface area contributed by atoms with Crippen molar-refractivity contribution in [2.75, 3.05) is 6.61 Å². The standard InChI is InChI=1S/C24H21NO2/c1-16-12-18(3)23(13-17(16)2)24(26)15-27-22-10-8-21(9-11-22)20-6-4-19(14-25)5-7-20/h4-13H,15H2,1-3H3. The number of benzene rings is 3. The lowest BCUT2D eigenvalue weighted by atomic mass is 9.98. The predicted octanol–water partition coefficient (Wildman–Crippen LogP) is 5.41. The highest BCUT2D eigenvalue weighted by Gasteiger charge is 2.11. The van der Waals surface area contributed by atoms with Crippen LogP contribution in [0.4, 0.5) is 0 Å². The zero-order chi connectivity index (χ0) is 19.4. The maximum Gasteiger partial charge on any atom is 0.200 e. The van der Waals surface area contributed by atoms with Gasteiger partial charge in [-0.25, -0.2) is 0 Å². The zero-order valence-electron chi connectivity index (χ0n) is 15.7. The Hall–Kier alpha value is -3.38. The number of aryl methyl sites for hydroxylation is 3. The molecule has 0 atom stereocenters. The van der Waals surface area contributed by atoms with Crippen molar-refractivity contribution in [1.29, 1.82) is 5.26 Å². The molecule has 0 aromatic heterocycles. The first-order valence-corrected chi connectivity index (χ1v) is 8.82. The molecule has 0 radical (unpaired) electrons. The fourth-order valence-electron chi connectivity index (χ4n) is 2.97. The summed E-state index contributed by atoms with van der Waals surface area (Å²) in [5.41, 5.74) is 6.68. The Morgan fingerprint density at radius 2 is 1.41 bits per heavy atom. The highest BCUT2D eigenvalue weighted by molar-refractivity contribution is 5.98. The van der Waals surface area contributed by atoms with Crippen molar-refractivity contribution < 1.29 is 9.53 Å². The van der Waals surface area contributed by atoms with E-state index in [0.717, 1.165) is 22.3 Å². The summed E-state index contributed by atoms with van der Waals surface area (Å²) in [6.07, 6.45) is 0. The lowest BCUT2D eigenvalue weighted by Crippen LogP contribution is -2.13. The molecule has 0 unspecified atom stereocenters. The second-order valence-corrected chi connectivity index (χ2v) is 6.68. The second-order valence-electron chi connectivity index (χ2n) is 6.68. The number of ketones is 1. The van der Waals surface area contributed by atoms with Crippen LogP contribution in [0.2, 0.25) is 0 Å². The first-order chi connectivity index (χ1) is 13.0. The van der Waals surface area contributed by atoms with E-state index in [1.165, 1.54) is 5.56 Å². The first kappa shape index (κ1) is 18.4. The van der Waals surface area contributed by atoms with E-state index in [1.54, 1.807) is 12.1 Å². The molecule has 134 valence electrons. The van der Waals surface area contributed by atoms with Gasteiger partial charge in [0.05, 0.1) is 11.6 Å². The fraction of sp³-hybridized carbons (Fsp3) is 0.167. The fourth-order valence-corrected chi connectivity index (χ4v) is 2.97. The summed E-state index contributed by atoms with van der Waals surface area (Å²) in [6, 6.07) is 21.1. The van der Waals surface area contributed by atoms with Gasteiger partial charge in [0.15, 0.2) is 12.4 Å². The van der Waals surface area contributed by atoms with Crippen LogP contribution in [0.25, 0.3) is 11.1 Å². The number of nitriles is 1. The molecule has 3 nitrogen and oxygen atoms in total. The Bertz CT molecular complexity index is 1010. The number of ether oxygens (including phenoxy) is 1. The molecule has 3 heteroatoms. The molecule has 3 rings (SSSR count). The molecule has 0 aliphatic carbocycles. The Balaban J connectivity index is 1.67. The predicted molar refractivity (Wildman–Crippen MR) is 107 cm³/mol. The van der Waals surface area contributed by atoms with Crippen molar-refractivity contribution in [3.05, 3.63) is 88.5 Å². The van der Waals surface area contributed by atoms with Crippen molar-refractivity contribution in [3.8, 4) is 22.9 Å². The van der Waals surface area contributed by atoms with Gasteiger partial charge in [0.2, 0.25) is 0 Å². The van der Waals surface area contributed by atoms with Crippen LogP contribution in [0.1, 0.15) is 32.6 Å². The van der Waals surface area contributed by atoms with Crippen LogP contribution in [-0.4, -0.2) is 12.4 Å². The maximum absolute atomic E-state index is 12.5. The molecule has 0 N–H and O–H groups in total. The largest absolute Gasteiger partial charge is 0.485 e. The molecule has 0 aliphatic heterocycles. The summed E-state index contributed by atoms with van der Waals surface area (Å²) in [7, 11) is 0. The number of Topliss-reactive ketones (excluding diaryl/α,β-unsaturated/α-hetero) is 1. The van der Waals surface area contributed by atoms with Crippen molar-refractivity contribution in [2.24, 2.45) is 0 Å². The maximum atomic E-state index is 12.5. The van der Waals surface area contributed by atoms with Gasteiger partial charge < -0.3 is 4.74 Å². The van der Waals surface area contributed by atoms with E-state index >= 15 is 0 Å². The molecule has 3 aromatic rings. The van der Waals surface area contributed by atoms with E-state index in [1.807, 2.05) is 69.3 Å². The molecule has 0 bridgehead atoms. The van der Waals surface area contributed by atoms with Gasteiger partial charge in [0.25, 0.3) is 0 Å². The molecular weight excluding hydrogens is 334 g/mol. The van der Waals surface area contributed by atoms with Gasteiger partial charge in [-0.05, 0) is 78.9 Å². The zero-order valence-corrected chi connectivity index (χ0v) is 15.7. The van der Waals surface area contributed by atoms with Gasteiger partial charge in [-0.15, -0.1) is 0 Å². The molecule has 0 aliphatic rings. The number of hydrogen-bond donors (Lipinski definition) is 0. The Labute approximate surface area is 159 Å². The SMILES string of the molecule is Cc1cc(C)c(C(=O)COc2ccc(-c3ccc(C#N)cc3)cc2)cc1C. The minimum atomic E-state index is -0.0215. The van der Waals surface area contributed by atoms with Crippen molar-refractivity contribution >= 4 is 5.78 Å². The normalized spacial score (nSPS) is 10.3. The van der Waals surface area contributed by atoms with E-state index in [2.05, 4.69) is 6.07 Å². The second kappa shape index (κ2) is 7.88. The summed E-state index contributed by atoms with van der Waals surface area (Å²) >= 11 is 0. The Morgan fingerprint density at radius 3 is 2.00 bits per heavy atom. The van der Waals surface area contributed by atoms with Crippen molar-refractivity contribution in [3.63, 3.8) is 0 Å². The lowest BCUT2D eigenvalue weighted by molar-refractivity contribution is 0.0921. The number of rotatable bonds is 5. The third-order valence-corrected chi connectivity index (χ3v) is 4.71. The minimum absolute atomic E-state index is 0.0134. The summed E-state index contributed by atoms with van der Waals surface area (Å²) < 4.78 is 5.68. The quantitative estimate of drug-likeness (QED) is 0.575. The smallest absolute Gasteiger partial charge is 0.200 e. The van der Waals surface area contributed by atoms with Crippen LogP contribution >= 0.6 is 0 Å². The van der Waals surface area contributed by atoms with Crippen LogP contribution in [0.15, 0.2) is 60.7 Å². The Morgan fingerprint density at radius 1 is 0.852 bits per heavy atom. The van der Waals surface area contributed by atoms with Gasteiger partial charge >= 0.3 is 0 Å². The van der Waals surface area contributed by atoms with Crippen LogP contribution < -0.4 is 4.74 Å². The van der Waals surface area contributed by atoms with E-state index in [9.17, 15) is 4.79 Å². The Kier molecular flexibility index (Phi) is 5.38. The van der Waals surface area contributed by atoms with Crippen LogP contribution in [0, 0.1) is 32.1 Å². The highest BCUT2D eigenvalue weighted by atomic mass is 16.5. The molecule has 0 amide bonds. The van der Waals surface area contributed by atoms with Gasteiger partial charge in [0, 0.05) is 5.56 Å². The molecule has 3 aromatic carbocycles. The van der Waals surface area contributed by atoms with E-state index in [-0.39, 0.29) is 12.4 Å².